The molecule has 6 heteroatoms. The van der Waals surface area contributed by atoms with Gasteiger partial charge >= 0.3 is 0 Å². The van der Waals surface area contributed by atoms with Crippen molar-refractivity contribution < 1.29 is 4.52 Å². The van der Waals surface area contributed by atoms with E-state index in [9.17, 15) is 0 Å². The van der Waals surface area contributed by atoms with Crippen molar-refractivity contribution in [2.75, 3.05) is 26.2 Å². The van der Waals surface area contributed by atoms with Crippen molar-refractivity contribution in [2.24, 2.45) is 10.4 Å². The minimum Gasteiger partial charge on any atom is -0.361 e. The number of nitrogens with one attached hydrogen (secondary N) is 1. The zero-order valence-electron chi connectivity index (χ0n) is 16.0. The van der Waals surface area contributed by atoms with Gasteiger partial charge in [-0.15, -0.1) is 24.0 Å². The predicted octanol–water partition coefficient (Wildman–Crippen LogP) is 4.10. The third-order valence-corrected chi connectivity index (χ3v) is 5.14. The molecule has 2 atom stereocenters. The van der Waals surface area contributed by atoms with Gasteiger partial charge in [0.05, 0.1) is 5.69 Å². The molecule has 2 unspecified atom stereocenters. The monoisotopic (exact) mass is 448 g/mol. The maximum absolute atomic E-state index is 5.29. The molecule has 1 aromatic heterocycles. The summed E-state index contributed by atoms with van der Waals surface area (Å²) in [6.07, 6.45) is 2.46. The van der Waals surface area contributed by atoms with Crippen molar-refractivity contribution in [3.05, 3.63) is 17.0 Å². The first kappa shape index (κ1) is 21.3. The second kappa shape index (κ2) is 9.06. The van der Waals surface area contributed by atoms with E-state index in [4.69, 9.17) is 9.52 Å². The molecule has 0 spiro atoms. The number of hydrogen-bond donors (Lipinski definition) is 1. The van der Waals surface area contributed by atoms with E-state index < -0.39 is 0 Å². The lowest BCUT2D eigenvalue weighted by Gasteiger charge is -2.25. The Labute approximate surface area is 163 Å². The van der Waals surface area contributed by atoms with Crippen molar-refractivity contribution >= 4 is 29.9 Å². The third-order valence-electron chi connectivity index (χ3n) is 5.14. The zero-order valence-corrected chi connectivity index (χ0v) is 18.3. The topological polar surface area (TPSA) is 53.7 Å². The van der Waals surface area contributed by atoms with E-state index in [1.165, 1.54) is 18.4 Å². The van der Waals surface area contributed by atoms with Gasteiger partial charge in [0.2, 0.25) is 0 Å². The minimum absolute atomic E-state index is 0. The summed E-state index contributed by atoms with van der Waals surface area (Å²) in [7, 11) is 0. The molecule has 2 heterocycles. The molecule has 0 saturated carbocycles. The van der Waals surface area contributed by atoms with Gasteiger partial charge in [-0.05, 0) is 39.0 Å². The summed E-state index contributed by atoms with van der Waals surface area (Å²) in [4.78, 5) is 7.31. The van der Waals surface area contributed by atoms with Gasteiger partial charge in [0.15, 0.2) is 5.96 Å². The molecule has 5 nitrogen and oxygen atoms in total. The Kier molecular flexibility index (Phi) is 8.02. The van der Waals surface area contributed by atoms with Gasteiger partial charge < -0.3 is 14.7 Å². The SMILES string of the molecule is CCNC(=NCC(C)c1c(C)noc1C)N1CCC(C)(CC)C1.I. The lowest BCUT2D eigenvalue weighted by molar-refractivity contribution is 0.322. The molecule has 0 amide bonds. The standard InChI is InChI=1S/C18H32N4O.HI/c1-7-18(6)9-10-22(12-18)17(19-8-2)20-11-13(3)16-14(4)21-23-15(16)5;/h13H,7-12H2,1-6H3,(H,19,20);1H. The first-order valence-electron chi connectivity index (χ1n) is 8.86. The van der Waals surface area contributed by atoms with Crippen LogP contribution in [0, 0.1) is 19.3 Å². The van der Waals surface area contributed by atoms with Gasteiger partial charge in [0.1, 0.15) is 5.76 Å². The molecule has 138 valence electrons. The van der Waals surface area contributed by atoms with Crippen LogP contribution in [0.25, 0.3) is 0 Å². The van der Waals surface area contributed by atoms with Gasteiger partial charge in [-0.2, -0.15) is 0 Å². The highest BCUT2D eigenvalue weighted by molar-refractivity contribution is 14.0. The van der Waals surface area contributed by atoms with Crippen LogP contribution in [0.1, 0.15) is 63.5 Å². The summed E-state index contributed by atoms with van der Waals surface area (Å²) in [6, 6.07) is 0. The zero-order chi connectivity index (χ0) is 17.0. The molecule has 24 heavy (non-hydrogen) atoms. The summed E-state index contributed by atoms with van der Waals surface area (Å²) in [5, 5.41) is 7.51. The summed E-state index contributed by atoms with van der Waals surface area (Å²) < 4.78 is 5.29. The lowest BCUT2D eigenvalue weighted by atomic mass is 9.87. The van der Waals surface area contributed by atoms with Crippen molar-refractivity contribution in [1.29, 1.82) is 0 Å². The second-order valence-corrected chi connectivity index (χ2v) is 7.17. The molecule has 0 bridgehead atoms. The number of aryl methyl sites for hydroxylation is 2. The quantitative estimate of drug-likeness (QED) is 0.419. The van der Waals surface area contributed by atoms with Crippen LogP contribution >= 0.6 is 24.0 Å². The molecule has 2 rings (SSSR count). The Morgan fingerprint density at radius 1 is 1.42 bits per heavy atom. The van der Waals surface area contributed by atoms with Crippen molar-refractivity contribution in [1.82, 2.24) is 15.4 Å². The first-order valence-corrected chi connectivity index (χ1v) is 8.86. The summed E-state index contributed by atoms with van der Waals surface area (Å²) in [5.74, 6) is 2.27. The van der Waals surface area contributed by atoms with E-state index >= 15 is 0 Å². The van der Waals surface area contributed by atoms with Gasteiger partial charge in [-0.1, -0.05) is 25.9 Å². The fraction of sp³-hybridized carbons (Fsp3) is 0.778. The number of aromatic nitrogens is 1. The number of aliphatic imine (C=N–C) groups is 1. The third kappa shape index (κ3) is 4.86. The van der Waals surface area contributed by atoms with Gasteiger partial charge in [-0.25, -0.2) is 0 Å². The highest BCUT2D eigenvalue weighted by atomic mass is 127. The Bertz CT molecular complexity index is 538. The molecule has 1 saturated heterocycles. The molecule has 1 aliphatic rings. The fourth-order valence-electron chi connectivity index (χ4n) is 3.43. The lowest BCUT2D eigenvalue weighted by Crippen LogP contribution is -2.41. The number of rotatable bonds is 5. The predicted molar refractivity (Wildman–Crippen MR) is 110 cm³/mol. The highest BCUT2D eigenvalue weighted by Crippen LogP contribution is 2.33. The van der Waals surface area contributed by atoms with E-state index in [1.807, 2.05) is 13.8 Å². The molecule has 0 aliphatic carbocycles. The largest absolute Gasteiger partial charge is 0.361 e. The van der Waals surface area contributed by atoms with Crippen LogP contribution in [0.2, 0.25) is 0 Å². The highest BCUT2D eigenvalue weighted by Gasteiger charge is 2.33. The van der Waals surface area contributed by atoms with Crippen molar-refractivity contribution in [3.8, 4) is 0 Å². The van der Waals surface area contributed by atoms with E-state index in [0.717, 1.165) is 43.6 Å². The minimum atomic E-state index is 0. The van der Waals surface area contributed by atoms with Crippen LogP contribution in [-0.2, 0) is 0 Å². The van der Waals surface area contributed by atoms with E-state index in [1.54, 1.807) is 0 Å². The van der Waals surface area contributed by atoms with Crippen molar-refractivity contribution in [3.63, 3.8) is 0 Å². The van der Waals surface area contributed by atoms with Gasteiger partial charge in [0, 0.05) is 37.7 Å². The maximum atomic E-state index is 5.29. The number of guanidine groups is 1. The molecule has 1 aromatic rings. The van der Waals surface area contributed by atoms with Crippen LogP contribution in [0.5, 0.6) is 0 Å². The maximum Gasteiger partial charge on any atom is 0.193 e. The molecule has 0 aromatic carbocycles. The van der Waals surface area contributed by atoms with Gasteiger partial charge in [0.25, 0.3) is 0 Å². The number of hydrogen-bond acceptors (Lipinski definition) is 3. The average Bonchev–Trinajstić information content (AvgIpc) is 3.07. The van der Waals surface area contributed by atoms with Crippen LogP contribution in [0.15, 0.2) is 9.52 Å². The molecule has 0 radical (unpaired) electrons. The Hall–Kier alpha value is -0.790. The molecule has 1 aliphatic heterocycles. The average molecular weight is 448 g/mol. The van der Waals surface area contributed by atoms with Crippen LogP contribution in [-0.4, -0.2) is 42.2 Å². The molecular formula is C18H33IN4O. The number of halogens is 1. The van der Waals surface area contributed by atoms with Crippen LogP contribution in [0.4, 0.5) is 0 Å². The molecule has 1 fully saturated rings. The Balaban J connectivity index is 0.00000288. The normalized spacial score (nSPS) is 22.4. The summed E-state index contributed by atoms with van der Waals surface area (Å²) >= 11 is 0. The smallest absolute Gasteiger partial charge is 0.193 e. The fourth-order valence-corrected chi connectivity index (χ4v) is 3.43. The number of likely N-dealkylation sites (tertiary alicyclic amines) is 1. The van der Waals surface area contributed by atoms with E-state index in [-0.39, 0.29) is 24.0 Å². The summed E-state index contributed by atoms with van der Waals surface area (Å²) in [6.45, 7) is 16.8. The Morgan fingerprint density at radius 3 is 2.62 bits per heavy atom. The Morgan fingerprint density at radius 2 is 2.12 bits per heavy atom. The first-order chi connectivity index (χ1) is 10.9. The van der Waals surface area contributed by atoms with Crippen LogP contribution in [0.3, 0.4) is 0 Å². The van der Waals surface area contributed by atoms with E-state index in [0.29, 0.717) is 11.3 Å². The van der Waals surface area contributed by atoms with Crippen molar-refractivity contribution in [2.45, 2.75) is 60.3 Å². The van der Waals surface area contributed by atoms with Gasteiger partial charge in [-0.3, -0.25) is 4.99 Å². The molecule has 1 N–H and O–H groups in total. The molecular weight excluding hydrogens is 415 g/mol. The number of nitrogens with zero attached hydrogens (tertiary/aromatic N) is 3. The second-order valence-electron chi connectivity index (χ2n) is 7.17. The van der Waals surface area contributed by atoms with E-state index in [2.05, 4.69) is 43.1 Å². The van der Waals surface area contributed by atoms with Crippen LogP contribution < -0.4 is 5.32 Å². The summed E-state index contributed by atoms with van der Waals surface area (Å²) in [5.41, 5.74) is 2.60.